The molecule has 0 amide bonds. The number of aromatic nitrogens is 2. The van der Waals surface area contributed by atoms with E-state index in [1.54, 1.807) is 7.11 Å². The fourth-order valence-corrected chi connectivity index (χ4v) is 2.06. The van der Waals surface area contributed by atoms with Gasteiger partial charge in [0.2, 0.25) is 0 Å². The van der Waals surface area contributed by atoms with Crippen LogP contribution in [0, 0.1) is 0 Å². The maximum atomic E-state index is 10.3. The van der Waals surface area contributed by atoms with Crippen LogP contribution in [0.5, 0.6) is 5.75 Å². The van der Waals surface area contributed by atoms with Crippen LogP contribution in [-0.4, -0.2) is 22.2 Å². The van der Waals surface area contributed by atoms with Gasteiger partial charge in [0, 0.05) is 6.07 Å². The van der Waals surface area contributed by atoms with Crippen LogP contribution in [0.3, 0.4) is 0 Å². The Morgan fingerprint density at radius 1 is 1.16 bits per heavy atom. The van der Waals surface area contributed by atoms with E-state index in [0.717, 1.165) is 22.3 Å². The minimum Gasteiger partial charge on any atom is -0.497 e. The zero-order valence-corrected chi connectivity index (χ0v) is 10.5. The number of imidazole rings is 1. The number of ether oxygens (including phenoxy) is 1. The molecule has 4 heteroatoms. The Morgan fingerprint density at radius 2 is 1.95 bits per heavy atom. The summed E-state index contributed by atoms with van der Waals surface area (Å²) in [6, 6.07) is 15.0. The summed E-state index contributed by atoms with van der Waals surface area (Å²) < 4.78 is 5.17. The second-order valence-electron chi connectivity index (χ2n) is 4.32. The van der Waals surface area contributed by atoms with Crippen molar-refractivity contribution in [1.82, 2.24) is 9.97 Å². The third kappa shape index (κ3) is 2.18. The van der Waals surface area contributed by atoms with Crippen LogP contribution in [0.15, 0.2) is 48.5 Å². The highest BCUT2D eigenvalue weighted by molar-refractivity contribution is 5.77. The number of aliphatic hydroxyl groups is 1. The molecule has 0 fully saturated rings. The minimum absolute atomic E-state index is 0.537. The normalized spacial score (nSPS) is 12.5. The molecule has 0 aliphatic heterocycles. The molecule has 0 saturated heterocycles. The van der Waals surface area contributed by atoms with Crippen molar-refractivity contribution in [3.8, 4) is 5.75 Å². The lowest BCUT2D eigenvalue weighted by atomic mass is 10.1. The summed E-state index contributed by atoms with van der Waals surface area (Å²) in [7, 11) is 1.62. The van der Waals surface area contributed by atoms with E-state index >= 15 is 0 Å². The molecule has 1 unspecified atom stereocenters. The second kappa shape index (κ2) is 4.74. The fourth-order valence-electron chi connectivity index (χ4n) is 2.06. The maximum Gasteiger partial charge on any atom is 0.140 e. The first kappa shape index (κ1) is 11.7. The highest BCUT2D eigenvalue weighted by Gasteiger charge is 2.14. The van der Waals surface area contributed by atoms with Crippen LogP contribution in [0.4, 0.5) is 0 Å². The third-order valence-electron chi connectivity index (χ3n) is 3.08. The van der Waals surface area contributed by atoms with Crippen LogP contribution in [0.2, 0.25) is 0 Å². The van der Waals surface area contributed by atoms with Crippen molar-refractivity contribution < 1.29 is 9.84 Å². The molecular formula is C15H14N2O2. The number of hydrogen-bond acceptors (Lipinski definition) is 3. The van der Waals surface area contributed by atoms with Gasteiger partial charge >= 0.3 is 0 Å². The average molecular weight is 254 g/mol. The van der Waals surface area contributed by atoms with Gasteiger partial charge in [0.25, 0.3) is 0 Å². The van der Waals surface area contributed by atoms with Crippen LogP contribution in [0.1, 0.15) is 17.5 Å². The number of nitrogens with zero attached hydrogens (tertiary/aromatic N) is 1. The number of rotatable bonds is 3. The number of aliphatic hydroxyl groups excluding tert-OH is 1. The lowest BCUT2D eigenvalue weighted by Gasteiger charge is -2.06. The molecule has 96 valence electrons. The summed E-state index contributed by atoms with van der Waals surface area (Å²) in [6.07, 6.45) is -0.750. The summed E-state index contributed by atoms with van der Waals surface area (Å²) in [5.74, 6) is 1.30. The standard InChI is InChI=1S/C15H14N2O2/c1-19-11-7-8-12-13(9-11)17-15(16-12)14(18)10-5-3-2-4-6-10/h2-9,14,18H,1H3,(H,16,17). The molecule has 3 aromatic rings. The van der Waals surface area contributed by atoms with Crippen molar-refractivity contribution in [3.63, 3.8) is 0 Å². The molecule has 0 aliphatic carbocycles. The van der Waals surface area contributed by atoms with Crippen LogP contribution in [0.25, 0.3) is 11.0 Å². The maximum absolute atomic E-state index is 10.3. The Hall–Kier alpha value is -2.33. The van der Waals surface area contributed by atoms with Crippen LogP contribution >= 0.6 is 0 Å². The summed E-state index contributed by atoms with van der Waals surface area (Å²) in [4.78, 5) is 7.53. The number of benzene rings is 2. The number of fused-ring (bicyclic) bond motifs is 1. The third-order valence-corrected chi connectivity index (χ3v) is 3.08. The highest BCUT2D eigenvalue weighted by Crippen LogP contribution is 2.24. The Labute approximate surface area is 110 Å². The summed E-state index contributed by atoms with van der Waals surface area (Å²) in [6.45, 7) is 0. The molecule has 2 N–H and O–H groups in total. The predicted octanol–water partition coefficient (Wildman–Crippen LogP) is 2.65. The summed E-state index contributed by atoms with van der Waals surface area (Å²) >= 11 is 0. The van der Waals surface area contributed by atoms with E-state index in [1.807, 2.05) is 48.5 Å². The van der Waals surface area contributed by atoms with Crippen molar-refractivity contribution in [2.75, 3.05) is 7.11 Å². The number of H-pyrrole nitrogens is 1. The molecule has 0 bridgehead atoms. The molecule has 1 atom stereocenters. The molecule has 19 heavy (non-hydrogen) atoms. The van der Waals surface area contributed by atoms with Gasteiger partial charge < -0.3 is 14.8 Å². The van der Waals surface area contributed by atoms with Crippen LogP contribution in [-0.2, 0) is 0 Å². The molecule has 0 radical (unpaired) electrons. The summed E-state index contributed by atoms with van der Waals surface area (Å²) in [5.41, 5.74) is 2.48. The van der Waals surface area contributed by atoms with Gasteiger partial charge in [-0.05, 0) is 17.7 Å². The van der Waals surface area contributed by atoms with Gasteiger partial charge in [0.05, 0.1) is 18.1 Å². The molecule has 0 aliphatic rings. The Kier molecular flexibility index (Phi) is 2.93. The van der Waals surface area contributed by atoms with Crippen LogP contribution < -0.4 is 4.74 Å². The zero-order valence-electron chi connectivity index (χ0n) is 10.5. The van der Waals surface area contributed by atoms with Gasteiger partial charge in [0.15, 0.2) is 0 Å². The number of nitrogens with one attached hydrogen (secondary N) is 1. The van der Waals surface area contributed by atoms with Crippen molar-refractivity contribution in [3.05, 3.63) is 59.9 Å². The monoisotopic (exact) mass is 254 g/mol. The molecule has 1 aromatic heterocycles. The Balaban J connectivity index is 2.01. The lowest BCUT2D eigenvalue weighted by molar-refractivity contribution is 0.211. The molecule has 0 spiro atoms. The second-order valence-corrected chi connectivity index (χ2v) is 4.32. The fraction of sp³-hybridized carbons (Fsp3) is 0.133. The van der Waals surface area contributed by atoms with Gasteiger partial charge in [-0.25, -0.2) is 4.98 Å². The van der Waals surface area contributed by atoms with E-state index < -0.39 is 6.10 Å². The molecule has 1 heterocycles. The van der Waals surface area contributed by atoms with E-state index in [0.29, 0.717) is 5.82 Å². The van der Waals surface area contributed by atoms with E-state index in [1.165, 1.54) is 0 Å². The summed E-state index contributed by atoms with van der Waals surface area (Å²) in [5, 5.41) is 10.3. The predicted molar refractivity (Wildman–Crippen MR) is 73.1 cm³/mol. The molecule has 3 rings (SSSR count). The van der Waals surface area contributed by atoms with Crippen molar-refractivity contribution >= 4 is 11.0 Å². The van der Waals surface area contributed by atoms with Crippen molar-refractivity contribution in [2.45, 2.75) is 6.10 Å². The SMILES string of the molecule is COc1ccc2nc(C(O)c3ccccc3)[nH]c2c1. The van der Waals surface area contributed by atoms with Gasteiger partial charge in [-0.3, -0.25) is 0 Å². The largest absolute Gasteiger partial charge is 0.497 e. The van der Waals surface area contributed by atoms with Gasteiger partial charge in [-0.15, -0.1) is 0 Å². The first-order chi connectivity index (χ1) is 9.28. The molecular weight excluding hydrogens is 240 g/mol. The van der Waals surface area contributed by atoms with Gasteiger partial charge in [-0.2, -0.15) is 0 Å². The average Bonchev–Trinajstić information content (AvgIpc) is 2.90. The van der Waals surface area contributed by atoms with Gasteiger partial charge in [0.1, 0.15) is 17.7 Å². The Bertz CT molecular complexity index is 692. The lowest BCUT2D eigenvalue weighted by Crippen LogP contribution is -2.01. The number of aromatic amines is 1. The zero-order chi connectivity index (χ0) is 13.2. The minimum atomic E-state index is -0.750. The smallest absolute Gasteiger partial charge is 0.140 e. The van der Waals surface area contributed by atoms with E-state index in [4.69, 9.17) is 4.74 Å². The number of hydrogen-bond donors (Lipinski definition) is 2. The first-order valence-corrected chi connectivity index (χ1v) is 6.04. The van der Waals surface area contributed by atoms with E-state index in [-0.39, 0.29) is 0 Å². The molecule has 4 nitrogen and oxygen atoms in total. The Morgan fingerprint density at radius 3 is 2.68 bits per heavy atom. The number of methoxy groups -OCH3 is 1. The topological polar surface area (TPSA) is 58.1 Å². The quantitative estimate of drug-likeness (QED) is 0.755. The van der Waals surface area contributed by atoms with E-state index in [2.05, 4.69) is 9.97 Å². The molecule has 2 aromatic carbocycles. The molecule has 0 saturated carbocycles. The first-order valence-electron chi connectivity index (χ1n) is 6.04. The highest BCUT2D eigenvalue weighted by atomic mass is 16.5. The van der Waals surface area contributed by atoms with Crippen molar-refractivity contribution in [2.24, 2.45) is 0 Å². The van der Waals surface area contributed by atoms with Gasteiger partial charge in [-0.1, -0.05) is 30.3 Å². The van der Waals surface area contributed by atoms with Crippen molar-refractivity contribution in [1.29, 1.82) is 0 Å². The van der Waals surface area contributed by atoms with E-state index in [9.17, 15) is 5.11 Å².